The van der Waals surface area contributed by atoms with Crippen LogP contribution < -0.4 is 21.0 Å². The van der Waals surface area contributed by atoms with Crippen molar-refractivity contribution in [3.05, 3.63) is 53.1 Å². The van der Waals surface area contributed by atoms with Crippen LogP contribution in [0.3, 0.4) is 0 Å². The average molecular weight is 466 g/mol. The maximum atomic E-state index is 12.1. The molecule has 1 aliphatic rings. The van der Waals surface area contributed by atoms with Crippen molar-refractivity contribution >= 4 is 20.3 Å². The quantitative estimate of drug-likeness (QED) is 0.365. The SMILES string of the molecule is COC(=O)C(C)NP(Oc1ccccc1)OC(C)C1CC(O)C(n2ccc(N)nc2=O)O1. The predicted molar refractivity (Wildman–Crippen MR) is 117 cm³/mol. The first-order chi connectivity index (χ1) is 15.3. The van der Waals surface area contributed by atoms with Crippen molar-refractivity contribution in [2.75, 3.05) is 12.8 Å². The highest BCUT2D eigenvalue weighted by molar-refractivity contribution is 7.45. The number of esters is 1. The summed E-state index contributed by atoms with van der Waals surface area (Å²) < 4.78 is 23.8. The zero-order valence-electron chi connectivity index (χ0n) is 18.0. The molecular weight excluding hydrogens is 439 g/mol. The summed E-state index contributed by atoms with van der Waals surface area (Å²) in [5, 5.41) is 13.5. The number of aromatic nitrogens is 2. The van der Waals surface area contributed by atoms with Gasteiger partial charge in [-0.3, -0.25) is 9.36 Å². The molecule has 1 aromatic carbocycles. The predicted octanol–water partition coefficient (Wildman–Crippen LogP) is 1.34. The lowest BCUT2D eigenvalue weighted by Gasteiger charge is -2.27. The highest BCUT2D eigenvalue weighted by Gasteiger charge is 2.40. The van der Waals surface area contributed by atoms with Gasteiger partial charge in [-0.15, -0.1) is 0 Å². The molecule has 2 heterocycles. The van der Waals surface area contributed by atoms with Gasteiger partial charge in [0.05, 0.1) is 19.3 Å². The van der Waals surface area contributed by atoms with Crippen molar-refractivity contribution in [1.29, 1.82) is 0 Å². The second-order valence-electron chi connectivity index (χ2n) is 7.26. The molecule has 2 aromatic rings. The number of aliphatic hydroxyl groups is 1. The Morgan fingerprint density at radius 3 is 2.72 bits per heavy atom. The first-order valence-electron chi connectivity index (χ1n) is 10.0. The normalized spacial score (nSPS) is 23.3. The van der Waals surface area contributed by atoms with Gasteiger partial charge in [-0.05, 0) is 32.0 Å². The molecule has 0 aliphatic carbocycles. The van der Waals surface area contributed by atoms with E-state index in [4.69, 9.17) is 24.3 Å². The van der Waals surface area contributed by atoms with E-state index in [1.807, 2.05) is 18.2 Å². The van der Waals surface area contributed by atoms with Crippen LogP contribution in [0, 0.1) is 0 Å². The van der Waals surface area contributed by atoms with E-state index in [1.54, 1.807) is 26.0 Å². The zero-order valence-corrected chi connectivity index (χ0v) is 18.8. The number of methoxy groups -OCH3 is 1. The minimum Gasteiger partial charge on any atom is -0.468 e. The van der Waals surface area contributed by atoms with Gasteiger partial charge >= 0.3 is 20.2 Å². The molecular formula is C20H27N4O7P. The number of rotatable bonds is 9. The molecule has 0 bridgehead atoms. The molecule has 1 fully saturated rings. The number of hydrogen-bond acceptors (Lipinski definition) is 10. The van der Waals surface area contributed by atoms with Crippen molar-refractivity contribution in [1.82, 2.24) is 14.6 Å². The van der Waals surface area contributed by atoms with Crippen molar-refractivity contribution in [2.24, 2.45) is 0 Å². The summed E-state index contributed by atoms with van der Waals surface area (Å²) in [4.78, 5) is 27.6. The first kappa shape index (κ1) is 24.1. The van der Waals surface area contributed by atoms with Gasteiger partial charge in [0.2, 0.25) is 0 Å². The number of hydrogen-bond donors (Lipinski definition) is 3. The number of nitrogen functional groups attached to an aromatic ring is 1. The number of para-hydroxylation sites is 1. The highest BCUT2D eigenvalue weighted by Crippen LogP contribution is 2.40. The summed E-state index contributed by atoms with van der Waals surface area (Å²) in [6.45, 7) is 3.40. The van der Waals surface area contributed by atoms with E-state index < -0.39 is 50.8 Å². The van der Waals surface area contributed by atoms with E-state index in [0.717, 1.165) is 0 Å². The number of ether oxygens (including phenoxy) is 2. The fourth-order valence-corrected chi connectivity index (χ4v) is 4.44. The number of nitrogens with zero attached hydrogens (tertiary/aromatic N) is 2. The van der Waals surface area contributed by atoms with Crippen LogP contribution in [-0.2, 0) is 18.8 Å². The molecule has 1 aromatic heterocycles. The Morgan fingerprint density at radius 1 is 1.34 bits per heavy atom. The monoisotopic (exact) mass is 466 g/mol. The smallest absolute Gasteiger partial charge is 0.351 e. The number of nitrogens with one attached hydrogen (secondary N) is 1. The molecule has 11 nitrogen and oxygen atoms in total. The number of anilines is 1. The van der Waals surface area contributed by atoms with Crippen LogP contribution in [-0.4, -0.2) is 52.1 Å². The fourth-order valence-electron chi connectivity index (χ4n) is 3.11. The van der Waals surface area contributed by atoms with Crippen LogP contribution in [0.4, 0.5) is 5.82 Å². The highest BCUT2D eigenvalue weighted by atomic mass is 31.2. The van der Waals surface area contributed by atoms with Crippen molar-refractivity contribution in [3.63, 3.8) is 0 Å². The average Bonchev–Trinajstić information content (AvgIpc) is 3.15. The van der Waals surface area contributed by atoms with E-state index in [-0.39, 0.29) is 12.2 Å². The van der Waals surface area contributed by atoms with Crippen LogP contribution in [0.1, 0.15) is 26.5 Å². The second kappa shape index (κ2) is 10.8. The summed E-state index contributed by atoms with van der Waals surface area (Å²) in [6, 6.07) is 9.79. The Morgan fingerprint density at radius 2 is 2.06 bits per heavy atom. The minimum absolute atomic E-state index is 0.0847. The molecule has 6 unspecified atom stereocenters. The van der Waals surface area contributed by atoms with Gasteiger partial charge in [0, 0.05) is 12.6 Å². The maximum absolute atomic E-state index is 12.1. The largest absolute Gasteiger partial charge is 0.468 e. The third-order valence-electron chi connectivity index (χ3n) is 4.81. The van der Waals surface area contributed by atoms with E-state index in [2.05, 4.69) is 10.1 Å². The molecule has 0 spiro atoms. The van der Waals surface area contributed by atoms with Gasteiger partial charge in [-0.25, -0.2) is 9.88 Å². The van der Waals surface area contributed by atoms with Gasteiger partial charge in [0.1, 0.15) is 23.7 Å². The second-order valence-corrected chi connectivity index (χ2v) is 8.42. The fraction of sp³-hybridized carbons (Fsp3) is 0.450. The Bertz CT molecular complexity index is 960. The van der Waals surface area contributed by atoms with E-state index in [1.165, 1.54) is 23.9 Å². The molecule has 4 N–H and O–H groups in total. The summed E-state index contributed by atoms with van der Waals surface area (Å²) >= 11 is 0. The van der Waals surface area contributed by atoms with Crippen LogP contribution >= 0.6 is 8.53 Å². The lowest BCUT2D eigenvalue weighted by atomic mass is 10.1. The van der Waals surface area contributed by atoms with Crippen LogP contribution in [0.5, 0.6) is 5.75 Å². The summed E-state index contributed by atoms with van der Waals surface area (Å²) in [5.41, 5.74) is 4.91. The minimum atomic E-state index is -1.77. The number of carbonyl (C=O) groups excluding carboxylic acids is 1. The Kier molecular flexibility index (Phi) is 8.16. The lowest BCUT2D eigenvalue weighted by Crippen LogP contribution is -2.35. The van der Waals surface area contributed by atoms with Gasteiger partial charge in [0.25, 0.3) is 0 Å². The zero-order chi connectivity index (χ0) is 23.3. The van der Waals surface area contributed by atoms with Gasteiger partial charge in [-0.2, -0.15) is 4.98 Å². The van der Waals surface area contributed by atoms with Crippen molar-refractivity contribution in [3.8, 4) is 5.75 Å². The van der Waals surface area contributed by atoms with E-state index in [9.17, 15) is 14.7 Å². The Hall–Kier alpha value is -2.56. The molecule has 0 radical (unpaired) electrons. The van der Waals surface area contributed by atoms with Crippen LogP contribution in [0.25, 0.3) is 0 Å². The Labute approximate surface area is 186 Å². The number of aliphatic hydroxyl groups excluding tert-OH is 1. The van der Waals surface area contributed by atoms with Crippen LogP contribution in [0.2, 0.25) is 0 Å². The molecule has 174 valence electrons. The molecule has 0 amide bonds. The molecule has 1 saturated heterocycles. The van der Waals surface area contributed by atoms with Gasteiger partial charge < -0.3 is 29.4 Å². The molecule has 1 aliphatic heterocycles. The molecule has 3 rings (SSSR count). The molecule has 6 atom stereocenters. The van der Waals surface area contributed by atoms with Crippen molar-refractivity contribution < 1.29 is 28.4 Å². The van der Waals surface area contributed by atoms with Gasteiger partial charge in [0.15, 0.2) is 6.23 Å². The number of nitrogens with two attached hydrogens (primary N) is 1. The molecule has 0 saturated carbocycles. The standard InChI is InChI=1S/C20H27N4O7P/c1-12(19(26)28-3)23-32(31-14-7-5-4-6-8-14)30-13(2)16-11-15(25)18(29-16)24-10-9-17(21)22-20(24)27/h4-10,12-13,15-16,18,23,25H,11H2,1-3H3,(H2,21,22,27). The van der Waals surface area contributed by atoms with E-state index in [0.29, 0.717) is 5.75 Å². The summed E-state index contributed by atoms with van der Waals surface area (Å²) in [5.74, 6) is 0.176. The van der Waals surface area contributed by atoms with Crippen molar-refractivity contribution in [2.45, 2.75) is 50.8 Å². The van der Waals surface area contributed by atoms with Crippen LogP contribution in [0.15, 0.2) is 47.4 Å². The van der Waals surface area contributed by atoms with E-state index >= 15 is 0 Å². The lowest BCUT2D eigenvalue weighted by molar-refractivity contribution is -0.142. The number of benzene rings is 1. The number of carbonyl (C=O) groups is 1. The Balaban J connectivity index is 1.69. The third-order valence-corrected chi connectivity index (χ3v) is 6.31. The molecule has 12 heteroatoms. The summed E-state index contributed by atoms with van der Waals surface area (Å²) in [7, 11) is -0.475. The topological polar surface area (TPSA) is 147 Å². The van der Waals surface area contributed by atoms with Gasteiger partial charge in [-0.1, -0.05) is 18.2 Å². The first-order valence-corrected chi connectivity index (χ1v) is 11.2. The summed E-state index contributed by atoms with van der Waals surface area (Å²) in [6.07, 6.45) is -1.30. The third kappa shape index (κ3) is 6.02. The molecule has 32 heavy (non-hydrogen) atoms. The maximum Gasteiger partial charge on any atom is 0.351 e.